The molecule has 0 spiro atoms. The Morgan fingerprint density at radius 1 is 1.03 bits per heavy atom. The number of nitrogens with zero attached hydrogens (tertiary/aromatic N) is 4. The molecule has 150 valence electrons. The van der Waals surface area contributed by atoms with Crippen molar-refractivity contribution in [3.63, 3.8) is 0 Å². The summed E-state index contributed by atoms with van der Waals surface area (Å²) in [6.07, 6.45) is 4.88. The third-order valence-electron chi connectivity index (χ3n) is 6.16. The van der Waals surface area contributed by atoms with Gasteiger partial charge in [-0.05, 0) is 49.6 Å². The van der Waals surface area contributed by atoms with Crippen LogP contribution in [0.3, 0.4) is 0 Å². The fraction of sp³-hybridized carbons (Fsp3) is 0.409. The molecular formula is C22H25N5O2. The van der Waals surface area contributed by atoms with E-state index in [1.54, 1.807) is 6.20 Å². The van der Waals surface area contributed by atoms with Crippen LogP contribution in [0.1, 0.15) is 29.6 Å². The zero-order valence-electron chi connectivity index (χ0n) is 16.4. The van der Waals surface area contributed by atoms with Crippen molar-refractivity contribution in [2.75, 3.05) is 47.8 Å². The molecule has 7 heteroatoms. The molecule has 0 bridgehead atoms. The van der Waals surface area contributed by atoms with E-state index in [2.05, 4.69) is 20.1 Å². The van der Waals surface area contributed by atoms with Crippen LogP contribution in [0.2, 0.25) is 0 Å². The van der Waals surface area contributed by atoms with Crippen molar-refractivity contribution in [2.24, 2.45) is 0 Å². The van der Waals surface area contributed by atoms with E-state index in [0.717, 1.165) is 56.1 Å². The summed E-state index contributed by atoms with van der Waals surface area (Å²) in [5.41, 5.74) is 2.42. The Hall–Kier alpha value is -3.09. The van der Waals surface area contributed by atoms with Gasteiger partial charge in [0.25, 0.3) is 5.91 Å². The standard InChI is InChI=1S/C22H25N5O2/c28-21-19-5-2-4-10-27(19)18-8-7-16(15-17(18)24-21)22(29)26-13-11-25(12-14-26)20-6-1-3-9-23-20/h1,3,6-9,15,19H,2,4-5,10-14H2,(H,24,28). The number of rotatable bonds is 2. The van der Waals surface area contributed by atoms with Gasteiger partial charge in [0.2, 0.25) is 5.91 Å². The Morgan fingerprint density at radius 3 is 2.69 bits per heavy atom. The number of nitrogens with one attached hydrogen (secondary N) is 1. The third kappa shape index (κ3) is 3.30. The fourth-order valence-corrected chi connectivity index (χ4v) is 4.59. The summed E-state index contributed by atoms with van der Waals surface area (Å²) in [6.45, 7) is 3.74. The first kappa shape index (κ1) is 18.0. The van der Waals surface area contributed by atoms with E-state index < -0.39 is 0 Å². The maximum Gasteiger partial charge on any atom is 0.254 e. The van der Waals surface area contributed by atoms with E-state index in [9.17, 15) is 9.59 Å². The second-order valence-electron chi connectivity index (χ2n) is 7.89. The number of hydrogen-bond donors (Lipinski definition) is 1. The molecular weight excluding hydrogens is 366 g/mol. The van der Waals surface area contributed by atoms with Gasteiger partial charge in [0, 0.05) is 44.5 Å². The van der Waals surface area contributed by atoms with Gasteiger partial charge in [-0.2, -0.15) is 0 Å². The van der Waals surface area contributed by atoms with Crippen LogP contribution in [0.4, 0.5) is 17.2 Å². The van der Waals surface area contributed by atoms with Gasteiger partial charge in [-0.15, -0.1) is 0 Å². The van der Waals surface area contributed by atoms with Gasteiger partial charge in [-0.3, -0.25) is 9.59 Å². The number of carbonyl (C=O) groups is 2. The molecule has 2 aromatic rings. The average Bonchev–Trinajstić information content (AvgIpc) is 2.79. The summed E-state index contributed by atoms with van der Waals surface area (Å²) >= 11 is 0. The summed E-state index contributed by atoms with van der Waals surface area (Å²) < 4.78 is 0. The highest BCUT2D eigenvalue weighted by Gasteiger charge is 2.35. The molecule has 2 fully saturated rings. The van der Waals surface area contributed by atoms with Crippen LogP contribution in [-0.4, -0.2) is 60.5 Å². The van der Waals surface area contributed by atoms with Gasteiger partial charge in [0.1, 0.15) is 11.9 Å². The predicted molar refractivity (Wildman–Crippen MR) is 112 cm³/mol. The van der Waals surface area contributed by atoms with Crippen LogP contribution in [0.15, 0.2) is 42.6 Å². The number of carbonyl (C=O) groups excluding carboxylic acids is 2. The number of fused-ring (bicyclic) bond motifs is 3. The molecule has 0 saturated carbocycles. The first-order valence-electron chi connectivity index (χ1n) is 10.4. The molecule has 1 aromatic carbocycles. The molecule has 0 aliphatic carbocycles. The van der Waals surface area contributed by atoms with Gasteiger partial charge in [-0.25, -0.2) is 4.98 Å². The molecule has 0 radical (unpaired) electrons. The van der Waals surface area contributed by atoms with E-state index in [0.29, 0.717) is 18.7 Å². The SMILES string of the molecule is O=C1Nc2cc(C(=O)N3CCN(c4ccccn4)CC3)ccc2N2CCCCC12. The Bertz CT molecular complexity index is 924. The summed E-state index contributed by atoms with van der Waals surface area (Å²) in [4.78, 5) is 36.2. The summed E-state index contributed by atoms with van der Waals surface area (Å²) in [5, 5.41) is 3.02. The Balaban J connectivity index is 1.30. The van der Waals surface area contributed by atoms with Crippen molar-refractivity contribution in [1.82, 2.24) is 9.88 Å². The normalized spacial score (nSPS) is 21.3. The first-order chi connectivity index (χ1) is 14.2. The van der Waals surface area contributed by atoms with Gasteiger partial charge < -0.3 is 20.0 Å². The number of pyridine rings is 1. The van der Waals surface area contributed by atoms with E-state index in [1.165, 1.54) is 0 Å². The molecule has 2 saturated heterocycles. The smallest absolute Gasteiger partial charge is 0.254 e. The predicted octanol–water partition coefficient (Wildman–Crippen LogP) is 2.36. The van der Waals surface area contributed by atoms with Crippen molar-refractivity contribution >= 4 is 29.0 Å². The maximum atomic E-state index is 13.1. The summed E-state index contributed by atoms with van der Waals surface area (Å²) in [5.74, 6) is 1.02. The van der Waals surface area contributed by atoms with Crippen LogP contribution < -0.4 is 15.1 Å². The fourth-order valence-electron chi connectivity index (χ4n) is 4.59. The van der Waals surface area contributed by atoms with E-state index in [-0.39, 0.29) is 17.9 Å². The Labute approximate surface area is 170 Å². The summed E-state index contributed by atoms with van der Waals surface area (Å²) in [7, 11) is 0. The summed E-state index contributed by atoms with van der Waals surface area (Å²) in [6, 6.07) is 11.5. The van der Waals surface area contributed by atoms with Crippen molar-refractivity contribution in [3.05, 3.63) is 48.2 Å². The van der Waals surface area contributed by atoms with Crippen molar-refractivity contribution in [3.8, 4) is 0 Å². The minimum atomic E-state index is -0.0718. The highest BCUT2D eigenvalue weighted by Crippen LogP contribution is 2.36. The minimum absolute atomic E-state index is 0.0171. The maximum absolute atomic E-state index is 13.1. The highest BCUT2D eigenvalue weighted by atomic mass is 16.2. The second kappa shape index (κ2) is 7.39. The molecule has 1 atom stereocenters. The van der Waals surface area contributed by atoms with Crippen molar-refractivity contribution < 1.29 is 9.59 Å². The van der Waals surface area contributed by atoms with Crippen LogP contribution in [0, 0.1) is 0 Å². The second-order valence-corrected chi connectivity index (χ2v) is 7.89. The van der Waals surface area contributed by atoms with E-state index in [1.807, 2.05) is 41.3 Å². The van der Waals surface area contributed by atoms with E-state index in [4.69, 9.17) is 0 Å². The lowest BCUT2D eigenvalue weighted by atomic mass is 9.96. The lowest BCUT2D eigenvalue weighted by Crippen LogP contribution is -2.51. The lowest BCUT2D eigenvalue weighted by molar-refractivity contribution is -0.118. The molecule has 2 amide bonds. The average molecular weight is 391 g/mol. The van der Waals surface area contributed by atoms with Crippen LogP contribution in [-0.2, 0) is 4.79 Å². The molecule has 3 aliphatic heterocycles. The number of benzene rings is 1. The minimum Gasteiger partial charge on any atom is -0.358 e. The number of piperidine rings is 1. The van der Waals surface area contributed by atoms with Crippen molar-refractivity contribution in [2.45, 2.75) is 25.3 Å². The molecule has 4 heterocycles. The highest BCUT2D eigenvalue weighted by molar-refractivity contribution is 6.05. The van der Waals surface area contributed by atoms with Crippen LogP contribution >= 0.6 is 0 Å². The third-order valence-corrected chi connectivity index (χ3v) is 6.16. The number of hydrogen-bond acceptors (Lipinski definition) is 5. The first-order valence-corrected chi connectivity index (χ1v) is 10.4. The van der Waals surface area contributed by atoms with Crippen LogP contribution in [0.25, 0.3) is 0 Å². The zero-order valence-corrected chi connectivity index (χ0v) is 16.4. The number of aromatic nitrogens is 1. The number of piperazine rings is 1. The topological polar surface area (TPSA) is 68.8 Å². The molecule has 5 rings (SSSR count). The largest absolute Gasteiger partial charge is 0.358 e. The van der Waals surface area contributed by atoms with Crippen molar-refractivity contribution in [1.29, 1.82) is 0 Å². The molecule has 3 aliphatic rings. The van der Waals surface area contributed by atoms with Crippen LogP contribution in [0.5, 0.6) is 0 Å². The Morgan fingerprint density at radius 2 is 1.90 bits per heavy atom. The molecule has 1 N–H and O–H groups in total. The molecule has 1 aromatic heterocycles. The quantitative estimate of drug-likeness (QED) is 0.851. The van der Waals surface area contributed by atoms with Gasteiger partial charge in [0.05, 0.1) is 11.4 Å². The molecule has 29 heavy (non-hydrogen) atoms. The van der Waals surface area contributed by atoms with Gasteiger partial charge >= 0.3 is 0 Å². The zero-order chi connectivity index (χ0) is 19.8. The van der Waals surface area contributed by atoms with E-state index >= 15 is 0 Å². The Kier molecular flexibility index (Phi) is 4.58. The monoisotopic (exact) mass is 391 g/mol. The lowest BCUT2D eigenvalue weighted by Gasteiger charge is -2.41. The number of amides is 2. The van der Waals surface area contributed by atoms with Gasteiger partial charge in [0.15, 0.2) is 0 Å². The molecule has 7 nitrogen and oxygen atoms in total. The van der Waals surface area contributed by atoms with Gasteiger partial charge in [-0.1, -0.05) is 6.07 Å². The molecule has 1 unspecified atom stereocenters. The number of anilines is 3.